The van der Waals surface area contributed by atoms with Crippen molar-refractivity contribution in [3.05, 3.63) is 99.7 Å². The molecule has 0 aromatic rings. The maximum Gasteiger partial charge on any atom is 0.180 e. The van der Waals surface area contributed by atoms with Gasteiger partial charge in [-0.05, 0) is 93.6 Å². The molecule has 0 aromatic carbocycles. The van der Waals surface area contributed by atoms with Crippen molar-refractivity contribution in [2.45, 2.75) is 108 Å². The molecule has 1 rings (SSSR count). The SMILES string of the molecule is C=C.C=CC.C=CCNC(=C)C(=C)C(C(C)/C=C/C)C(CC(=C)C(NC(=C)OC(C)(C)C)C(C)(C)C)C1C(CC)C1(C)C. The quantitative estimate of drug-likeness (QED) is 0.106. The van der Waals surface area contributed by atoms with Crippen molar-refractivity contribution < 1.29 is 4.74 Å². The zero-order valence-electron chi connectivity index (χ0n) is 30.5. The smallest absolute Gasteiger partial charge is 0.180 e. The highest BCUT2D eigenvalue weighted by Gasteiger charge is 2.61. The van der Waals surface area contributed by atoms with E-state index in [0.29, 0.717) is 36.1 Å². The van der Waals surface area contributed by atoms with Crippen LogP contribution in [0.3, 0.4) is 0 Å². The normalized spacial score (nSPS) is 19.9. The number of nitrogens with one attached hydrogen (secondary N) is 2. The highest BCUT2D eigenvalue weighted by Crippen LogP contribution is 2.66. The minimum atomic E-state index is -0.313. The highest BCUT2D eigenvalue weighted by molar-refractivity contribution is 5.31. The van der Waals surface area contributed by atoms with Gasteiger partial charge in [0.05, 0.1) is 6.04 Å². The average molecular weight is 595 g/mol. The van der Waals surface area contributed by atoms with Crippen LogP contribution < -0.4 is 10.6 Å². The molecule has 246 valence electrons. The van der Waals surface area contributed by atoms with E-state index in [2.05, 4.69) is 124 Å². The third-order valence-corrected chi connectivity index (χ3v) is 8.32. The van der Waals surface area contributed by atoms with Crippen molar-refractivity contribution in [1.29, 1.82) is 0 Å². The third kappa shape index (κ3) is 13.7. The van der Waals surface area contributed by atoms with E-state index in [9.17, 15) is 0 Å². The summed E-state index contributed by atoms with van der Waals surface area (Å²) in [6.45, 7) is 58.2. The molecule has 0 saturated heterocycles. The molecule has 0 bridgehead atoms. The van der Waals surface area contributed by atoms with Crippen LogP contribution in [0.1, 0.15) is 95.9 Å². The van der Waals surface area contributed by atoms with E-state index < -0.39 is 0 Å². The minimum Gasteiger partial charge on any atom is -0.474 e. The van der Waals surface area contributed by atoms with Gasteiger partial charge in [0.25, 0.3) is 0 Å². The standard InChI is InChI=1S/C35H60N2O.C3H6.C2H4/c1-17-20-23(4)30(25(6)26(7)36-21-18-2)28(31-29(19-3)35(31,15)16)22-24(5)32(33(9,10)11)37-27(8)38-34(12,13)14;1-3-2;1-2/h17-18,20,23,28-32,36-37H,2,5-8,19,21-22H2,1,3-4,9-16H3;3H,1H2,2H3;1-2H2/b20-17+;;. The second-order valence-corrected chi connectivity index (χ2v) is 14.5. The van der Waals surface area contributed by atoms with Gasteiger partial charge in [0.1, 0.15) is 5.60 Å². The maximum atomic E-state index is 6.07. The molecule has 1 aliphatic carbocycles. The predicted molar refractivity (Wildman–Crippen MR) is 196 cm³/mol. The molecule has 3 nitrogen and oxygen atoms in total. The molecule has 43 heavy (non-hydrogen) atoms. The second-order valence-electron chi connectivity index (χ2n) is 14.5. The predicted octanol–water partition coefficient (Wildman–Crippen LogP) is 11.2. The fourth-order valence-electron chi connectivity index (χ4n) is 6.70. The van der Waals surface area contributed by atoms with Gasteiger partial charge in [-0.15, -0.1) is 26.3 Å². The van der Waals surface area contributed by atoms with Crippen molar-refractivity contribution in [2.75, 3.05) is 6.54 Å². The molecule has 0 radical (unpaired) electrons. The van der Waals surface area contributed by atoms with E-state index in [1.165, 1.54) is 12.0 Å². The summed E-state index contributed by atoms with van der Waals surface area (Å²) in [5.41, 5.74) is 3.10. The van der Waals surface area contributed by atoms with Gasteiger partial charge in [-0.2, -0.15) is 0 Å². The van der Waals surface area contributed by atoms with Gasteiger partial charge in [0.15, 0.2) is 5.88 Å². The Labute approximate surface area is 269 Å². The number of ether oxygens (including phenoxy) is 1. The summed E-state index contributed by atoms with van der Waals surface area (Å²) >= 11 is 0. The number of hydrogen-bond donors (Lipinski definition) is 2. The van der Waals surface area contributed by atoms with Crippen molar-refractivity contribution in [3.63, 3.8) is 0 Å². The Balaban J connectivity index is 0. The van der Waals surface area contributed by atoms with Gasteiger partial charge in [-0.1, -0.05) is 105 Å². The molecular weight excluding hydrogens is 524 g/mol. The first kappa shape index (κ1) is 42.5. The number of allylic oxidation sites excluding steroid dienone is 4. The van der Waals surface area contributed by atoms with Crippen molar-refractivity contribution in [3.8, 4) is 0 Å². The third-order valence-electron chi connectivity index (χ3n) is 8.32. The van der Waals surface area contributed by atoms with E-state index >= 15 is 0 Å². The fourth-order valence-corrected chi connectivity index (χ4v) is 6.70. The van der Waals surface area contributed by atoms with Gasteiger partial charge >= 0.3 is 0 Å². The lowest BCUT2D eigenvalue weighted by molar-refractivity contribution is 0.0349. The Bertz CT molecular complexity index is 952. The van der Waals surface area contributed by atoms with Crippen LogP contribution >= 0.6 is 0 Å². The van der Waals surface area contributed by atoms with Gasteiger partial charge in [-0.25, -0.2) is 0 Å². The van der Waals surface area contributed by atoms with Crippen LogP contribution in [-0.4, -0.2) is 18.2 Å². The molecule has 6 atom stereocenters. The molecule has 0 aromatic heterocycles. The van der Waals surface area contributed by atoms with E-state index in [4.69, 9.17) is 11.3 Å². The van der Waals surface area contributed by atoms with Crippen molar-refractivity contribution >= 4 is 0 Å². The van der Waals surface area contributed by atoms with E-state index in [0.717, 1.165) is 17.7 Å². The summed E-state index contributed by atoms with van der Waals surface area (Å²) in [5, 5.41) is 7.02. The first-order valence-corrected chi connectivity index (χ1v) is 16.0. The largest absolute Gasteiger partial charge is 0.474 e. The fraction of sp³-hybridized carbons (Fsp3) is 0.600. The Hall–Kier alpha value is -2.68. The molecule has 1 fully saturated rings. The Morgan fingerprint density at radius 3 is 1.86 bits per heavy atom. The molecule has 2 N–H and O–H groups in total. The van der Waals surface area contributed by atoms with Crippen LogP contribution in [0.25, 0.3) is 0 Å². The molecule has 3 heteroatoms. The first-order chi connectivity index (χ1) is 19.7. The second kappa shape index (κ2) is 18.9. The zero-order valence-corrected chi connectivity index (χ0v) is 30.5. The Morgan fingerprint density at radius 1 is 0.977 bits per heavy atom. The summed E-state index contributed by atoms with van der Waals surface area (Å²) in [5.74, 6) is 2.80. The van der Waals surface area contributed by atoms with E-state index in [-0.39, 0.29) is 28.4 Å². The van der Waals surface area contributed by atoms with Gasteiger partial charge in [0, 0.05) is 12.2 Å². The lowest BCUT2D eigenvalue weighted by Gasteiger charge is -2.40. The van der Waals surface area contributed by atoms with E-state index in [1.54, 1.807) is 6.08 Å². The highest BCUT2D eigenvalue weighted by atomic mass is 16.5. The lowest BCUT2D eigenvalue weighted by Crippen LogP contribution is -2.43. The summed E-state index contributed by atoms with van der Waals surface area (Å²) in [7, 11) is 0. The minimum absolute atomic E-state index is 0.0230. The molecule has 1 aliphatic rings. The average Bonchev–Trinajstić information content (AvgIpc) is 3.45. The molecule has 0 spiro atoms. The summed E-state index contributed by atoms with van der Waals surface area (Å²) in [4.78, 5) is 0. The monoisotopic (exact) mass is 595 g/mol. The number of hydrogen-bond acceptors (Lipinski definition) is 3. The van der Waals surface area contributed by atoms with Crippen LogP contribution in [-0.2, 0) is 4.74 Å². The Morgan fingerprint density at radius 2 is 1.49 bits per heavy atom. The molecule has 0 heterocycles. The molecule has 0 aliphatic heterocycles. The Kier molecular flexibility index (Phi) is 18.6. The summed E-state index contributed by atoms with van der Waals surface area (Å²) < 4.78 is 6.07. The van der Waals surface area contributed by atoms with Crippen molar-refractivity contribution in [2.24, 2.45) is 40.4 Å². The van der Waals surface area contributed by atoms with Crippen molar-refractivity contribution in [1.82, 2.24) is 10.6 Å². The van der Waals surface area contributed by atoms with Crippen LogP contribution in [0.5, 0.6) is 0 Å². The molecule has 0 amide bonds. The molecular formula is C40H70N2O. The molecule has 6 unspecified atom stereocenters. The van der Waals surface area contributed by atoms with Gasteiger partial charge in [0.2, 0.25) is 0 Å². The van der Waals surface area contributed by atoms with Crippen LogP contribution in [0.2, 0.25) is 0 Å². The maximum absolute atomic E-state index is 6.07. The van der Waals surface area contributed by atoms with Crippen LogP contribution in [0, 0.1) is 40.4 Å². The molecule has 1 saturated carbocycles. The van der Waals surface area contributed by atoms with Crippen LogP contribution in [0.4, 0.5) is 0 Å². The van der Waals surface area contributed by atoms with E-state index in [1.807, 2.05) is 33.8 Å². The lowest BCUT2D eigenvalue weighted by atomic mass is 9.69. The zero-order chi connectivity index (χ0) is 34.3. The summed E-state index contributed by atoms with van der Waals surface area (Å²) in [6.07, 6.45) is 10.2. The summed E-state index contributed by atoms with van der Waals surface area (Å²) in [6, 6.07) is 0.0230. The number of rotatable bonds is 16. The first-order valence-electron chi connectivity index (χ1n) is 16.0. The topological polar surface area (TPSA) is 33.3 Å². The van der Waals surface area contributed by atoms with Gasteiger partial charge < -0.3 is 15.4 Å². The van der Waals surface area contributed by atoms with Gasteiger partial charge in [-0.3, -0.25) is 0 Å². The van der Waals surface area contributed by atoms with Crippen LogP contribution in [0.15, 0.2) is 99.7 Å².